The van der Waals surface area contributed by atoms with Gasteiger partial charge in [-0.3, -0.25) is 9.59 Å². The van der Waals surface area contributed by atoms with Crippen molar-refractivity contribution in [2.24, 2.45) is 0 Å². The first kappa shape index (κ1) is 20.6. The first-order valence-electron chi connectivity index (χ1n) is 8.74. The molecule has 22 heavy (non-hydrogen) atoms. The van der Waals surface area contributed by atoms with Crippen LogP contribution in [0.5, 0.6) is 0 Å². The maximum Gasteiger partial charge on any atom is 0.303 e. The molecule has 0 atom stereocenters. The zero-order chi connectivity index (χ0) is 16.5. The summed E-state index contributed by atoms with van der Waals surface area (Å²) in [5, 5.41) is 8.51. The Hall–Kier alpha value is -1.38. The molecule has 0 heterocycles. The monoisotopic (exact) mass is 308 g/mol. The van der Waals surface area contributed by atoms with Crippen LogP contribution in [-0.2, 0) is 9.59 Å². The minimum Gasteiger partial charge on any atom is -0.481 e. The zero-order valence-corrected chi connectivity index (χ0v) is 14.1. The van der Waals surface area contributed by atoms with E-state index in [1.54, 1.807) is 6.08 Å². The number of carbonyl (C=O) groups is 2. The minimum absolute atomic E-state index is 0.182. The van der Waals surface area contributed by atoms with E-state index in [-0.39, 0.29) is 12.2 Å². The predicted octanol–water partition coefficient (Wildman–Crippen LogP) is 5.45. The Bertz CT molecular complexity index is 343. The molecule has 0 saturated carbocycles. The fraction of sp³-hybridized carbons (Fsp3) is 0.684. The second-order valence-corrected chi connectivity index (χ2v) is 5.76. The third-order valence-electron chi connectivity index (χ3n) is 3.57. The first-order chi connectivity index (χ1) is 10.7. The highest BCUT2D eigenvalue weighted by Gasteiger charge is 1.98. The van der Waals surface area contributed by atoms with Crippen LogP contribution in [0.4, 0.5) is 0 Å². The summed E-state index contributed by atoms with van der Waals surface area (Å²) in [5.41, 5.74) is 0. The Morgan fingerprint density at radius 1 is 0.818 bits per heavy atom. The summed E-state index contributed by atoms with van der Waals surface area (Å²) in [4.78, 5) is 21.9. The van der Waals surface area contributed by atoms with E-state index >= 15 is 0 Å². The topological polar surface area (TPSA) is 54.4 Å². The molecular formula is C19H32O3. The van der Waals surface area contributed by atoms with Gasteiger partial charge in [0.25, 0.3) is 0 Å². The Kier molecular flexibility index (Phi) is 15.0. The second kappa shape index (κ2) is 16.0. The minimum atomic E-state index is -0.723. The van der Waals surface area contributed by atoms with Crippen LogP contribution < -0.4 is 0 Å². The normalized spacial score (nSPS) is 11.5. The van der Waals surface area contributed by atoms with Crippen molar-refractivity contribution in [1.82, 2.24) is 0 Å². The molecule has 0 aliphatic heterocycles. The molecule has 3 heteroatoms. The SMILES string of the molecule is CCCCCCC=CC=CC(=O)CCCCCCCC(=O)O. The van der Waals surface area contributed by atoms with Crippen molar-refractivity contribution >= 4 is 11.8 Å². The standard InChI is InChI=1S/C19H32O3/c1-2-3-4-5-6-7-9-12-15-18(20)16-13-10-8-11-14-17-19(21)22/h7,9,12,15H,2-6,8,10-11,13-14,16-17H2,1H3,(H,21,22). The molecule has 0 radical (unpaired) electrons. The zero-order valence-electron chi connectivity index (χ0n) is 14.1. The molecule has 1 N–H and O–H groups in total. The summed E-state index contributed by atoms with van der Waals surface area (Å²) < 4.78 is 0. The highest BCUT2D eigenvalue weighted by molar-refractivity contribution is 5.89. The Morgan fingerprint density at radius 3 is 2.14 bits per heavy atom. The van der Waals surface area contributed by atoms with Crippen molar-refractivity contribution in [3.8, 4) is 0 Å². The van der Waals surface area contributed by atoms with Gasteiger partial charge in [-0.15, -0.1) is 0 Å². The molecule has 0 aromatic carbocycles. The quantitative estimate of drug-likeness (QED) is 0.248. The fourth-order valence-corrected chi connectivity index (χ4v) is 2.22. The van der Waals surface area contributed by atoms with Crippen LogP contribution in [0.2, 0.25) is 0 Å². The fourth-order valence-electron chi connectivity index (χ4n) is 2.22. The van der Waals surface area contributed by atoms with E-state index in [2.05, 4.69) is 13.0 Å². The van der Waals surface area contributed by atoms with Crippen LogP contribution in [0.15, 0.2) is 24.3 Å². The molecule has 0 rings (SSSR count). The number of rotatable bonds is 15. The van der Waals surface area contributed by atoms with E-state index in [4.69, 9.17) is 5.11 Å². The summed E-state index contributed by atoms with van der Waals surface area (Å²) in [5.74, 6) is -0.542. The lowest BCUT2D eigenvalue weighted by atomic mass is 10.1. The van der Waals surface area contributed by atoms with Gasteiger partial charge in [-0.2, -0.15) is 0 Å². The number of allylic oxidation sites excluding steroid dienone is 4. The number of ketones is 1. The summed E-state index contributed by atoms with van der Waals surface area (Å²) in [6, 6.07) is 0. The number of hydrogen-bond acceptors (Lipinski definition) is 2. The molecule has 0 aromatic heterocycles. The molecule has 0 aromatic rings. The second-order valence-electron chi connectivity index (χ2n) is 5.76. The van der Waals surface area contributed by atoms with Gasteiger partial charge in [0.2, 0.25) is 0 Å². The number of hydrogen-bond donors (Lipinski definition) is 1. The smallest absolute Gasteiger partial charge is 0.303 e. The lowest BCUT2D eigenvalue weighted by Crippen LogP contribution is -1.94. The Morgan fingerprint density at radius 2 is 1.45 bits per heavy atom. The Balaban J connectivity index is 3.42. The molecule has 0 amide bonds. The van der Waals surface area contributed by atoms with E-state index in [1.165, 1.54) is 25.7 Å². The lowest BCUT2D eigenvalue weighted by molar-refractivity contribution is -0.137. The van der Waals surface area contributed by atoms with Gasteiger partial charge in [0.1, 0.15) is 0 Å². The number of carbonyl (C=O) groups excluding carboxylic acids is 1. The molecule has 0 aliphatic carbocycles. The van der Waals surface area contributed by atoms with Crippen molar-refractivity contribution in [3.63, 3.8) is 0 Å². The highest BCUT2D eigenvalue weighted by Crippen LogP contribution is 2.08. The largest absolute Gasteiger partial charge is 0.481 e. The summed E-state index contributed by atoms with van der Waals surface area (Å²) in [6.07, 6.45) is 19.2. The highest BCUT2D eigenvalue weighted by atomic mass is 16.4. The number of unbranched alkanes of at least 4 members (excludes halogenated alkanes) is 8. The summed E-state index contributed by atoms with van der Waals surface area (Å²) in [6.45, 7) is 2.21. The van der Waals surface area contributed by atoms with Crippen LogP contribution in [0.3, 0.4) is 0 Å². The van der Waals surface area contributed by atoms with Gasteiger partial charge in [0.15, 0.2) is 5.78 Å². The molecule has 0 unspecified atom stereocenters. The molecule has 126 valence electrons. The molecule has 0 aliphatic rings. The van der Waals surface area contributed by atoms with Gasteiger partial charge in [0, 0.05) is 12.8 Å². The van der Waals surface area contributed by atoms with Crippen LogP contribution in [0, 0.1) is 0 Å². The van der Waals surface area contributed by atoms with Gasteiger partial charge in [0.05, 0.1) is 0 Å². The van der Waals surface area contributed by atoms with E-state index < -0.39 is 5.97 Å². The van der Waals surface area contributed by atoms with Crippen LogP contribution >= 0.6 is 0 Å². The third kappa shape index (κ3) is 16.7. The van der Waals surface area contributed by atoms with Gasteiger partial charge >= 0.3 is 5.97 Å². The van der Waals surface area contributed by atoms with Crippen molar-refractivity contribution in [1.29, 1.82) is 0 Å². The third-order valence-corrected chi connectivity index (χ3v) is 3.57. The number of carboxylic acids is 1. The molecule has 0 bridgehead atoms. The lowest BCUT2D eigenvalue weighted by Gasteiger charge is -1.98. The number of aliphatic carboxylic acids is 1. The van der Waals surface area contributed by atoms with Crippen LogP contribution in [0.25, 0.3) is 0 Å². The van der Waals surface area contributed by atoms with Gasteiger partial charge in [-0.05, 0) is 31.8 Å². The predicted molar refractivity (Wildman–Crippen MR) is 92.0 cm³/mol. The molecular weight excluding hydrogens is 276 g/mol. The van der Waals surface area contributed by atoms with Crippen molar-refractivity contribution < 1.29 is 14.7 Å². The molecule has 0 fully saturated rings. The summed E-state index contributed by atoms with van der Waals surface area (Å²) in [7, 11) is 0. The molecule has 0 saturated heterocycles. The maximum atomic E-state index is 11.6. The van der Waals surface area contributed by atoms with Gasteiger partial charge < -0.3 is 5.11 Å². The van der Waals surface area contributed by atoms with Crippen molar-refractivity contribution in [3.05, 3.63) is 24.3 Å². The molecule has 0 spiro atoms. The van der Waals surface area contributed by atoms with Crippen LogP contribution in [-0.4, -0.2) is 16.9 Å². The van der Waals surface area contributed by atoms with Crippen LogP contribution in [0.1, 0.15) is 84.0 Å². The summed E-state index contributed by atoms with van der Waals surface area (Å²) >= 11 is 0. The van der Waals surface area contributed by atoms with E-state index in [0.29, 0.717) is 6.42 Å². The van der Waals surface area contributed by atoms with E-state index in [0.717, 1.165) is 38.5 Å². The molecule has 3 nitrogen and oxygen atoms in total. The average Bonchev–Trinajstić information content (AvgIpc) is 2.48. The maximum absolute atomic E-state index is 11.6. The van der Waals surface area contributed by atoms with Crippen molar-refractivity contribution in [2.75, 3.05) is 0 Å². The van der Waals surface area contributed by atoms with E-state index in [9.17, 15) is 9.59 Å². The number of carboxylic acid groups (broad SMARTS) is 1. The Labute approximate surface area is 135 Å². The first-order valence-corrected chi connectivity index (χ1v) is 8.74. The van der Waals surface area contributed by atoms with Gasteiger partial charge in [-0.25, -0.2) is 0 Å². The van der Waals surface area contributed by atoms with Gasteiger partial charge in [-0.1, -0.05) is 63.7 Å². The average molecular weight is 308 g/mol. The van der Waals surface area contributed by atoms with E-state index in [1.807, 2.05) is 12.2 Å². The van der Waals surface area contributed by atoms with Crippen molar-refractivity contribution in [2.45, 2.75) is 84.0 Å².